The maximum Gasteiger partial charge on any atom is 0.319 e. The Kier molecular flexibility index (Phi) is 7.05. The molecule has 126 valence electrons. The van der Waals surface area contributed by atoms with Crippen molar-refractivity contribution >= 4 is 23.5 Å². The lowest BCUT2D eigenvalue weighted by Gasteiger charge is -2.13. The van der Waals surface area contributed by atoms with Crippen molar-refractivity contribution < 1.29 is 14.4 Å². The lowest BCUT2D eigenvalue weighted by molar-refractivity contribution is -0.128. The fourth-order valence-corrected chi connectivity index (χ4v) is 1.83. The van der Waals surface area contributed by atoms with E-state index in [9.17, 15) is 14.4 Å². The highest BCUT2D eigenvalue weighted by molar-refractivity contribution is 5.97. The summed E-state index contributed by atoms with van der Waals surface area (Å²) in [4.78, 5) is 36.6. The predicted molar refractivity (Wildman–Crippen MR) is 89.5 cm³/mol. The number of anilines is 1. The molecule has 0 heterocycles. The molecule has 0 atom stereocenters. The van der Waals surface area contributed by atoms with E-state index in [0.717, 1.165) is 5.56 Å². The number of hydrogen-bond acceptors (Lipinski definition) is 3. The third-order valence-electron chi connectivity index (χ3n) is 3.21. The monoisotopic (exact) mass is 320 g/mol. The fourth-order valence-electron chi connectivity index (χ4n) is 1.83. The Hall–Kier alpha value is -2.57. The molecule has 0 aromatic heterocycles. The molecule has 0 aliphatic heterocycles. The van der Waals surface area contributed by atoms with Gasteiger partial charge in [-0.3, -0.25) is 9.59 Å². The quantitative estimate of drug-likeness (QED) is 0.739. The molecule has 0 unspecified atom stereocenters. The summed E-state index contributed by atoms with van der Waals surface area (Å²) in [6.07, 6.45) is 0.234. The average molecular weight is 320 g/mol. The third-order valence-corrected chi connectivity index (χ3v) is 3.21. The van der Waals surface area contributed by atoms with Gasteiger partial charge in [0.15, 0.2) is 0 Å². The Morgan fingerprint density at radius 3 is 2.43 bits per heavy atom. The highest BCUT2D eigenvalue weighted by atomic mass is 16.2. The van der Waals surface area contributed by atoms with Gasteiger partial charge in [-0.1, -0.05) is 6.07 Å². The Balaban J connectivity index is 2.62. The van der Waals surface area contributed by atoms with Crippen molar-refractivity contribution in [2.24, 2.45) is 0 Å². The summed E-state index contributed by atoms with van der Waals surface area (Å²) in [7, 11) is 3.33. The molecule has 23 heavy (non-hydrogen) atoms. The summed E-state index contributed by atoms with van der Waals surface area (Å²) in [5.41, 5.74) is 1.89. The van der Waals surface area contributed by atoms with Crippen LogP contribution >= 0.6 is 0 Å². The zero-order valence-electron chi connectivity index (χ0n) is 14.0. The molecule has 0 fully saturated rings. The number of amides is 4. The molecule has 7 heteroatoms. The molecular formula is C16H24N4O3. The van der Waals surface area contributed by atoms with Crippen molar-refractivity contribution in [3.63, 3.8) is 0 Å². The Morgan fingerprint density at radius 2 is 1.83 bits per heavy atom. The van der Waals surface area contributed by atoms with Gasteiger partial charge in [-0.05, 0) is 31.5 Å². The first-order chi connectivity index (χ1) is 10.8. The molecule has 0 bridgehead atoms. The summed E-state index contributed by atoms with van der Waals surface area (Å²) < 4.78 is 0. The smallest absolute Gasteiger partial charge is 0.319 e. The second-order valence-electron chi connectivity index (χ2n) is 5.31. The molecule has 1 aromatic carbocycles. The van der Waals surface area contributed by atoms with Gasteiger partial charge >= 0.3 is 6.03 Å². The van der Waals surface area contributed by atoms with E-state index in [1.54, 1.807) is 32.3 Å². The first kappa shape index (κ1) is 18.5. The topological polar surface area (TPSA) is 90.5 Å². The number of nitrogens with one attached hydrogen (secondary N) is 3. The van der Waals surface area contributed by atoms with Gasteiger partial charge in [-0.2, -0.15) is 0 Å². The summed E-state index contributed by atoms with van der Waals surface area (Å²) in [6, 6.07) is 4.70. The van der Waals surface area contributed by atoms with Crippen LogP contribution in [0, 0.1) is 6.92 Å². The van der Waals surface area contributed by atoms with Crippen molar-refractivity contribution in [1.29, 1.82) is 0 Å². The molecule has 4 amide bonds. The van der Waals surface area contributed by atoms with E-state index in [4.69, 9.17) is 0 Å². The predicted octanol–water partition coefficient (Wildman–Crippen LogP) is 1.34. The number of urea groups is 1. The molecule has 7 nitrogen and oxygen atoms in total. The molecule has 0 radical (unpaired) electrons. The van der Waals surface area contributed by atoms with Crippen LogP contribution in [0.3, 0.4) is 0 Å². The van der Waals surface area contributed by atoms with Crippen molar-refractivity contribution in [3.05, 3.63) is 29.3 Å². The van der Waals surface area contributed by atoms with Crippen molar-refractivity contribution in [3.8, 4) is 0 Å². The van der Waals surface area contributed by atoms with Gasteiger partial charge in [0.05, 0.1) is 0 Å². The molecule has 0 saturated heterocycles. The van der Waals surface area contributed by atoms with Crippen LogP contribution in [-0.2, 0) is 4.79 Å². The van der Waals surface area contributed by atoms with Gasteiger partial charge in [0.25, 0.3) is 5.91 Å². The second-order valence-corrected chi connectivity index (χ2v) is 5.31. The zero-order chi connectivity index (χ0) is 17.4. The fraction of sp³-hybridized carbons (Fsp3) is 0.438. The van der Waals surface area contributed by atoms with E-state index in [1.807, 2.05) is 13.8 Å². The zero-order valence-corrected chi connectivity index (χ0v) is 14.0. The summed E-state index contributed by atoms with van der Waals surface area (Å²) in [5.74, 6) is -0.243. The van der Waals surface area contributed by atoms with Crippen LogP contribution in [0.1, 0.15) is 29.3 Å². The number of nitrogens with zero attached hydrogens (tertiary/aromatic N) is 1. The molecular weight excluding hydrogens is 296 g/mol. The molecule has 1 rings (SSSR count). The van der Waals surface area contributed by atoms with E-state index in [1.165, 1.54) is 4.90 Å². The van der Waals surface area contributed by atoms with Gasteiger partial charge in [0.1, 0.15) is 0 Å². The van der Waals surface area contributed by atoms with E-state index < -0.39 is 6.03 Å². The van der Waals surface area contributed by atoms with Crippen molar-refractivity contribution in [2.45, 2.75) is 20.3 Å². The Morgan fingerprint density at radius 1 is 1.13 bits per heavy atom. The molecule has 0 saturated carbocycles. The van der Waals surface area contributed by atoms with Crippen LogP contribution in [-0.4, -0.2) is 49.9 Å². The summed E-state index contributed by atoms with van der Waals surface area (Å²) in [6.45, 7) is 4.47. The van der Waals surface area contributed by atoms with Gasteiger partial charge in [0, 0.05) is 44.9 Å². The van der Waals surface area contributed by atoms with Gasteiger partial charge in [-0.25, -0.2) is 4.79 Å². The van der Waals surface area contributed by atoms with E-state index in [2.05, 4.69) is 16.0 Å². The molecule has 0 spiro atoms. The van der Waals surface area contributed by atoms with E-state index in [-0.39, 0.29) is 24.8 Å². The number of rotatable bonds is 6. The number of carbonyl (C=O) groups is 3. The minimum absolute atomic E-state index is 0.0558. The summed E-state index contributed by atoms with van der Waals surface area (Å²) >= 11 is 0. The molecule has 0 aliphatic rings. The first-order valence-corrected chi connectivity index (χ1v) is 7.49. The SMILES string of the molecule is CCNC(=O)c1ccc(C)c(NC(=O)NCCC(=O)N(C)C)c1. The maximum atomic E-state index is 11.9. The van der Waals surface area contributed by atoms with Crippen LogP contribution in [0.4, 0.5) is 10.5 Å². The number of benzene rings is 1. The third kappa shape index (κ3) is 5.98. The van der Waals surface area contributed by atoms with E-state index in [0.29, 0.717) is 17.8 Å². The van der Waals surface area contributed by atoms with Crippen LogP contribution in [0.2, 0.25) is 0 Å². The van der Waals surface area contributed by atoms with Gasteiger partial charge < -0.3 is 20.9 Å². The largest absolute Gasteiger partial charge is 0.352 e. The van der Waals surface area contributed by atoms with Gasteiger partial charge in [0.2, 0.25) is 5.91 Å². The Bertz CT molecular complexity index is 585. The molecule has 0 aliphatic carbocycles. The number of carbonyl (C=O) groups excluding carboxylic acids is 3. The maximum absolute atomic E-state index is 11.9. The highest BCUT2D eigenvalue weighted by Gasteiger charge is 2.10. The Labute approximate surface area is 136 Å². The minimum Gasteiger partial charge on any atom is -0.352 e. The van der Waals surface area contributed by atoms with Crippen LogP contribution in [0.25, 0.3) is 0 Å². The van der Waals surface area contributed by atoms with Crippen LogP contribution in [0.5, 0.6) is 0 Å². The standard InChI is InChI=1S/C16H24N4O3/c1-5-17-15(22)12-7-6-11(2)13(10-12)19-16(23)18-9-8-14(21)20(3)4/h6-7,10H,5,8-9H2,1-4H3,(H,17,22)(H2,18,19,23). The molecule has 1 aromatic rings. The number of aryl methyl sites for hydroxylation is 1. The van der Waals surface area contributed by atoms with Crippen molar-refractivity contribution in [1.82, 2.24) is 15.5 Å². The lowest BCUT2D eigenvalue weighted by atomic mass is 10.1. The normalized spacial score (nSPS) is 9.91. The number of hydrogen-bond donors (Lipinski definition) is 3. The van der Waals surface area contributed by atoms with E-state index >= 15 is 0 Å². The van der Waals surface area contributed by atoms with Crippen LogP contribution < -0.4 is 16.0 Å². The highest BCUT2D eigenvalue weighted by Crippen LogP contribution is 2.16. The summed E-state index contributed by atoms with van der Waals surface area (Å²) in [5, 5.41) is 8.03. The van der Waals surface area contributed by atoms with Gasteiger partial charge in [-0.15, -0.1) is 0 Å². The van der Waals surface area contributed by atoms with Crippen molar-refractivity contribution in [2.75, 3.05) is 32.5 Å². The average Bonchev–Trinajstić information content (AvgIpc) is 2.49. The minimum atomic E-state index is -0.410. The van der Waals surface area contributed by atoms with Crippen LogP contribution in [0.15, 0.2) is 18.2 Å². The molecule has 3 N–H and O–H groups in total. The lowest BCUT2D eigenvalue weighted by Crippen LogP contribution is -2.33. The first-order valence-electron chi connectivity index (χ1n) is 7.49. The second kappa shape index (κ2) is 8.77.